The number of ether oxygens (including phenoxy) is 4. The van der Waals surface area contributed by atoms with Crippen LogP contribution in [0.1, 0.15) is 84.4 Å². The summed E-state index contributed by atoms with van der Waals surface area (Å²) in [4.78, 5) is 27.9. The smallest absolute Gasteiger partial charge is 0.311 e. The molecule has 1 unspecified atom stereocenters. The van der Waals surface area contributed by atoms with Gasteiger partial charge in [-0.15, -0.1) is 0 Å². The average molecular weight is 644 g/mol. The van der Waals surface area contributed by atoms with Crippen LogP contribution in [-0.4, -0.2) is 49.7 Å². The van der Waals surface area contributed by atoms with Crippen LogP contribution in [0.5, 0.6) is 17.2 Å². The van der Waals surface area contributed by atoms with E-state index in [2.05, 4.69) is 26.0 Å². The van der Waals surface area contributed by atoms with Crippen LogP contribution in [0.4, 0.5) is 0 Å². The molecule has 254 valence electrons. The van der Waals surface area contributed by atoms with Gasteiger partial charge in [-0.05, 0) is 106 Å². The molecule has 0 spiro atoms. The summed E-state index contributed by atoms with van der Waals surface area (Å²) in [6.07, 6.45) is 3.18. The van der Waals surface area contributed by atoms with Gasteiger partial charge in [0.15, 0.2) is 0 Å². The van der Waals surface area contributed by atoms with Crippen LogP contribution in [0.15, 0.2) is 72.8 Å². The number of carbonyl (C=O) groups is 2. The lowest BCUT2D eigenvalue weighted by molar-refractivity contribution is -0.150. The number of esters is 1. The Morgan fingerprint density at radius 2 is 1.36 bits per heavy atom. The first-order chi connectivity index (χ1) is 22.1. The number of hydrogen-bond donors (Lipinski definition) is 0. The first-order valence-corrected chi connectivity index (χ1v) is 16.6. The topological polar surface area (TPSA) is 74.3 Å². The van der Waals surface area contributed by atoms with E-state index in [1.54, 1.807) is 7.11 Å². The van der Waals surface area contributed by atoms with Crippen molar-refractivity contribution in [2.75, 3.05) is 27.4 Å². The minimum Gasteiger partial charge on any atom is -0.497 e. The summed E-state index contributed by atoms with van der Waals surface area (Å²) in [5.41, 5.74) is 1.85. The average Bonchev–Trinajstić information content (AvgIpc) is 3.03. The molecule has 3 aromatic rings. The van der Waals surface area contributed by atoms with Gasteiger partial charge in [-0.3, -0.25) is 9.59 Å². The molecule has 0 aliphatic carbocycles. The molecule has 0 aromatic heterocycles. The van der Waals surface area contributed by atoms with Crippen LogP contribution < -0.4 is 9.47 Å². The summed E-state index contributed by atoms with van der Waals surface area (Å²) in [7, 11) is 3.10. The van der Waals surface area contributed by atoms with Gasteiger partial charge in [-0.25, -0.2) is 0 Å². The minimum atomic E-state index is -0.604. The fourth-order valence-corrected chi connectivity index (χ4v) is 6.65. The fraction of sp³-hybridized carbons (Fsp3) is 0.500. The minimum absolute atomic E-state index is 0.118. The van der Waals surface area contributed by atoms with Crippen molar-refractivity contribution in [3.8, 4) is 17.2 Å². The van der Waals surface area contributed by atoms with Gasteiger partial charge in [0.25, 0.3) is 0 Å². The maximum absolute atomic E-state index is 13.8. The number of amides is 1. The zero-order valence-corrected chi connectivity index (χ0v) is 29.8. The number of hydrogen-bond acceptors (Lipinski definition) is 6. The predicted octanol–water partition coefficient (Wildman–Crippen LogP) is 8.52. The van der Waals surface area contributed by atoms with Gasteiger partial charge in [0.2, 0.25) is 5.91 Å². The van der Waals surface area contributed by atoms with E-state index in [0.717, 1.165) is 36.1 Å². The maximum atomic E-state index is 13.8. The molecule has 1 amide bonds. The van der Waals surface area contributed by atoms with Crippen molar-refractivity contribution in [1.82, 2.24) is 4.90 Å². The predicted molar refractivity (Wildman–Crippen MR) is 186 cm³/mol. The van der Waals surface area contributed by atoms with Crippen molar-refractivity contribution in [3.63, 3.8) is 0 Å². The fourth-order valence-electron chi connectivity index (χ4n) is 6.65. The van der Waals surface area contributed by atoms with E-state index in [1.165, 1.54) is 12.7 Å². The number of carbonyl (C=O) groups excluding carboxylic acids is 2. The monoisotopic (exact) mass is 643 g/mol. The van der Waals surface area contributed by atoms with Gasteiger partial charge < -0.3 is 23.8 Å². The summed E-state index contributed by atoms with van der Waals surface area (Å²) in [5.74, 6) is 2.16. The molecule has 7 nitrogen and oxygen atoms in total. The standard InChI is InChI=1S/C40H53NO6/c1-37(2,3)35(42)41(24-22-40(23-25-46-39(6,7)28-40)31-14-20-32(44-8)21-15-31)27-30-12-18-34(19-13-30)47-33-16-10-29(11-17-33)26-38(4,5)36(43)45-9/h10-21H,22-28H2,1-9H3. The Bertz CT molecular complexity index is 1490. The van der Waals surface area contributed by atoms with E-state index < -0.39 is 10.8 Å². The summed E-state index contributed by atoms with van der Waals surface area (Å²) in [6.45, 7) is 15.9. The molecule has 7 heteroatoms. The third-order valence-corrected chi connectivity index (χ3v) is 9.17. The Balaban J connectivity index is 1.48. The Kier molecular flexibility index (Phi) is 11.1. The zero-order chi connectivity index (χ0) is 34.5. The van der Waals surface area contributed by atoms with Crippen LogP contribution in [0.25, 0.3) is 0 Å². The van der Waals surface area contributed by atoms with Gasteiger partial charge >= 0.3 is 5.97 Å². The van der Waals surface area contributed by atoms with Crippen molar-refractivity contribution in [3.05, 3.63) is 89.5 Å². The highest BCUT2D eigenvalue weighted by molar-refractivity contribution is 5.81. The van der Waals surface area contributed by atoms with Gasteiger partial charge in [0.05, 0.1) is 25.2 Å². The van der Waals surface area contributed by atoms with E-state index in [4.69, 9.17) is 18.9 Å². The molecular formula is C40H53NO6. The molecule has 0 radical (unpaired) electrons. The number of rotatable bonds is 12. The summed E-state index contributed by atoms with van der Waals surface area (Å²) in [5, 5.41) is 0. The van der Waals surface area contributed by atoms with Crippen LogP contribution in [-0.2, 0) is 37.4 Å². The van der Waals surface area contributed by atoms with Gasteiger partial charge in [0, 0.05) is 30.5 Å². The Hall–Kier alpha value is -3.84. The third-order valence-electron chi connectivity index (χ3n) is 9.17. The lowest BCUT2D eigenvalue weighted by Gasteiger charge is -2.46. The molecule has 0 bridgehead atoms. The SMILES string of the molecule is COC(=O)C(C)(C)Cc1ccc(Oc2ccc(CN(CCC3(c4ccc(OC)cc4)CCOC(C)(C)C3)C(=O)C(C)(C)C)cc2)cc1. The van der Waals surface area contributed by atoms with Crippen LogP contribution in [0.2, 0.25) is 0 Å². The molecule has 3 aromatic carbocycles. The van der Waals surface area contributed by atoms with Crippen LogP contribution in [0.3, 0.4) is 0 Å². The first kappa shape index (κ1) is 36.0. The molecule has 1 heterocycles. The summed E-state index contributed by atoms with van der Waals surface area (Å²) in [6, 6.07) is 24.1. The zero-order valence-electron chi connectivity index (χ0n) is 29.8. The number of methoxy groups -OCH3 is 2. The Morgan fingerprint density at radius 3 is 1.87 bits per heavy atom. The van der Waals surface area contributed by atoms with Crippen molar-refractivity contribution < 1.29 is 28.5 Å². The van der Waals surface area contributed by atoms with Crippen LogP contribution >= 0.6 is 0 Å². The largest absolute Gasteiger partial charge is 0.497 e. The first-order valence-electron chi connectivity index (χ1n) is 16.6. The van der Waals surface area contributed by atoms with Crippen molar-refractivity contribution in [2.24, 2.45) is 10.8 Å². The van der Waals surface area contributed by atoms with Gasteiger partial charge in [-0.1, -0.05) is 57.2 Å². The highest BCUT2D eigenvalue weighted by atomic mass is 16.5. The lowest BCUT2D eigenvalue weighted by Crippen LogP contribution is -2.47. The molecule has 0 N–H and O–H groups in total. The van der Waals surface area contributed by atoms with Crippen molar-refractivity contribution >= 4 is 11.9 Å². The quantitative estimate of drug-likeness (QED) is 0.184. The van der Waals surface area contributed by atoms with Crippen molar-refractivity contribution in [1.29, 1.82) is 0 Å². The summed E-state index contributed by atoms with van der Waals surface area (Å²) < 4.78 is 22.6. The van der Waals surface area contributed by atoms with E-state index in [0.29, 0.717) is 37.6 Å². The molecular weight excluding hydrogens is 590 g/mol. The second kappa shape index (κ2) is 14.5. The van der Waals surface area contributed by atoms with Crippen LogP contribution in [0, 0.1) is 10.8 Å². The van der Waals surface area contributed by atoms with E-state index in [-0.39, 0.29) is 22.9 Å². The second-order valence-corrected chi connectivity index (χ2v) is 15.2. The highest BCUT2D eigenvalue weighted by Gasteiger charge is 2.43. The summed E-state index contributed by atoms with van der Waals surface area (Å²) >= 11 is 0. The molecule has 1 fully saturated rings. The van der Waals surface area contributed by atoms with Gasteiger partial charge in [-0.2, -0.15) is 0 Å². The van der Waals surface area contributed by atoms with E-state index >= 15 is 0 Å². The maximum Gasteiger partial charge on any atom is 0.311 e. The molecule has 1 atom stereocenters. The second-order valence-electron chi connectivity index (χ2n) is 15.2. The lowest BCUT2D eigenvalue weighted by atomic mass is 9.67. The van der Waals surface area contributed by atoms with Gasteiger partial charge in [0.1, 0.15) is 17.2 Å². The normalized spacial score (nSPS) is 17.9. The Labute approximate surface area is 281 Å². The van der Waals surface area contributed by atoms with E-state index in [9.17, 15) is 9.59 Å². The molecule has 1 saturated heterocycles. The molecule has 1 aliphatic rings. The third kappa shape index (κ3) is 9.38. The molecule has 47 heavy (non-hydrogen) atoms. The van der Waals surface area contributed by atoms with E-state index in [1.807, 2.05) is 100 Å². The number of benzene rings is 3. The highest BCUT2D eigenvalue weighted by Crippen LogP contribution is 2.45. The molecule has 0 saturated carbocycles. The molecule has 1 aliphatic heterocycles. The number of nitrogens with zero attached hydrogens (tertiary/aromatic N) is 1. The Morgan fingerprint density at radius 1 is 0.809 bits per heavy atom. The molecule has 4 rings (SSSR count). The van der Waals surface area contributed by atoms with Crippen molar-refractivity contribution in [2.45, 2.75) is 91.7 Å².